The molecule has 0 aliphatic heterocycles. The fourth-order valence-electron chi connectivity index (χ4n) is 2.11. The topological polar surface area (TPSA) is 67.2 Å². The minimum absolute atomic E-state index is 0.0582. The first kappa shape index (κ1) is 15.5. The molecule has 0 radical (unpaired) electrons. The van der Waals surface area contributed by atoms with E-state index < -0.39 is 0 Å². The van der Waals surface area contributed by atoms with E-state index in [-0.39, 0.29) is 12.5 Å². The van der Waals surface area contributed by atoms with Crippen LogP contribution in [-0.4, -0.2) is 33.9 Å². The lowest BCUT2D eigenvalue weighted by molar-refractivity contribution is 0.0950. The summed E-state index contributed by atoms with van der Waals surface area (Å²) in [6, 6.07) is 7.34. The lowest BCUT2D eigenvalue weighted by atomic mass is 10.2. The van der Waals surface area contributed by atoms with Crippen LogP contribution in [0.25, 0.3) is 5.69 Å². The Morgan fingerprint density at radius 1 is 1.48 bits per heavy atom. The number of aliphatic hydroxyl groups is 1. The van der Waals surface area contributed by atoms with Crippen LogP contribution in [0.1, 0.15) is 29.4 Å². The molecular formula is C15H18ClN3O2. The van der Waals surface area contributed by atoms with Gasteiger partial charge in [-0.15, -0.1) is 0 Å². The maximum absolute atomic E-state index is 12.1. The van der Waals surface area contributed by atoms with E-state index in [1.54, 1.807) is 23.0 Å². The van der Waals surface area contributed by atoms with Gasteiger partial charge in [0.15, 0.2) is 0 Å². The van der Waals surface area contributed by atoms with Crippen molar-refractivity contribution in [3.8, 4) is 5.69 Å². The quantitative estimate of drug-likeness (QED) is 0.804. The van der Waals surface area contributed by atoms with Crippen molar-refractivity contribution in [3.63, 3.8) is 0 Å². The van der Waals surface area contributed by atoms with E-state index in [0.717, 1.165) is 11.4 Å². The van der Waals surface area contributed by atoms with Crippen molar-refractivity contribution >= 4 is 17.5 Å². The standard InChI is InChI=1S/C15H18ClN3O2/c1-2-14-13(15(21)17-7-4-8-20)10-18-19(14)12-6-3-5-11(16)9-12/h3,5-6,9-10,20H,2,4,7-8H2,1H3,(H,17,21). The van der Waals surface area contributed by atoms with E-state index in [1.807, 2.05) is 19.1 Å². The van der Waals surface area contributed by atoms with Gasteiger partial charge in [-0.3, -0.25) is 4.79 Å². The Labute approximate surface area is 128 Å². The Hall–Kier alpha value is -1.85. The molecule has 5 nitrogen and oxygen atoms in total. The maximum atomic E-state index is 12.1. The predicted octanol–water partition coefficient (Wildman–Crippen LogP) is 2.20. The van der Waals surface area contributed by atoms with Gasteiger partial charge in [0.25, 0.3) is 5.91 Å². The van der Waals surface area contributed by atoms with Gasteiger partial charge in [-0.05, 0) is 31.0 Å². The third-order valence-electron chi connectivity index (χ3n) is 3.12. The molecule has 6 heteroatoms. The van der Waals surface area contributed by atoms with Crippen molar-refractivity contribution in [2.45, 2.75) is 19.8 Å². The number of aromatic nitrogens is 2. The van der Waals surface area contributed by atoms with Crippen LogP contribution in [0, 0.1) is 0 Å². The zero-order valence-electron chi connectivity index (χ0n) is 11.8. The first-order valence-electron chi connectivity index (χ1n) is 6.89. The molecule has 0 saturated heterocycles. The summed E-state index contributed by atoms with van der Waals surface area (Å²) in [6.45, 7) is 2.48. The molecule has 2 aromatic rings. The monoisotopic (exact) mass is 307 g/mol. The van der Waals surface area contributed by atoms with Crippen LogP contribution in [0.4, 0.5) is 0 Å². The SMILES string of the molecule is CCc1c(C(=O)NCCCO)cnn1-c1cccc(Cl)c1. The number of nitrogens with one attached hydrogen (secondary N) is 1. The summed E-state index contributed by atoms with van der Waals surface area (Å²) in [7, 11) is 0. The van der Waals surface area contributed by atoms with Crippen LogP contribution < -0.4 is 5.32 Å². The minimum Gasteiger partial charge on any atom is -0.396 e. The van der Waals surface area contributed by atoms with Crippen molar-refractivity contribution in [2.75, 3.05) is 13.2 Å². The molecule has 0 saturated carbocycles. The Kier molecular flexibility index (Phi) is 5.36. The number of aliphatic hydroxyl groups excluding tert-OH is 1. The van der Waals surface area contributed by atoms with Gasteiger partial charge in [-0.25, -0.2) is 4.68 Å². The van der Waals surface area contributed by atoms with Crippen LogP contribution in [-0.2, 0) is 6.42 Å². The Bertz CT molecular complexity index is 625. The second-order valence-electron chi connectivity index (χ2n) is 4.58. The lowest BCUT2D eigenvalue weighted by Gasteiger charge is -2.08. The number of hydrogen-bond acceptors (Lipinski definition) is 3. The fraction of sp³-hybridized carbons (Fsp3) is 0.333. The van der Waals surface area contributed by atoms with Crippen LogP contribution in [0.3, 0.4) is 0 Å². The zero-order chi connectivity index (χ0) is 15.2. The van der Waals surface area contributed by atoms with Crippen molar-refractivity contribution in [3.05, 3.63) is 46.7 Å². The van der Waals surface area contributed by atoms with Crippen molar-refractivity contribution in [1.29, 1.82) is 0 Å². The molecule has 1 amide bonds. The summed E-state index contributed by atoms with van der Waals surface area (Å²) in [5.41, 5.74) is 2.21. The molecular weight excluding hydrogens is 290 g/mol. The average Bonchev–Trinajstić information content (AvgIpc) is 2.91. The summed E-state index contributed by atoms with van der Waals surface area (Å²) in [6.07, 6.45) is 2.78. The molecule has 0 fully saturated rings. The van der Waals surface area contributed by atoms with E-state index in [4.69, 9.17) is 16.7 Å². The highest BCUT2D eigenvalue weighted by Gasteiger charge is 2.16. The Balaban J connectivity index is 2.28. The van der Waals surface area contributed by atoms with Gasteiger partial charge in [0.2, 0.25) is 0 Å². The maximum Gasteiger partial charge on any atom is 0.254 e. The number of nitrogens with zero attached hydrogens (tertiary/aromatic N) is 2. The number of carbonyl (C=O) groups excluding carboxylic acids is 1. The minimum atomic E-state index is -0.173. The second kappa shape index (κ2) is 7.24. The molecule has 112 valence electrons. The molecule has 1 heterocycles. The molecule has 2 N–H and O–H groups in total. The fourth-order valence-corrected chi connectivity index (χ4v) is 2.29. The Morgan fingerprint density at radius 2 is 2.29 bits per heavy atom. The summed E-state index contributed by atoms with van der Waals surface area (Å²) in [5.74, 6) is -0.173. The van der Waals surface area contributed by atoms with E-state index >= 15 is 0 Å². The highest BCUT2D eigenvalue weighted by molar-refractivity contribution is 6.30. The van der Waals surface area contributed by atoms with E-state index in [9.17, 15) is 4.79 Å². The molecule has 0 aliphatic carbocycles. The zero-order valence-corrected chi connectivity index (χ0v) is 12.6. The van der Waals surface area contributed by atoms with E-state index in [2.05, 4.69) is 10.4 Å². The summed E-state index contributed by atoms with van der Waals surface area (Å²) < 4.78 is 1.73. The molecule has 2 rings (SSSR count). The van der Waals surface area contributed by atoms with Crippen molar-refractivity contribution in [1.82, 2.24) is 15.1 Å². The highest BCUT2D eigenvalue weighted by Crippen LogP contribution is 2.19. The summed E-state index contributed by atoms with van der Waals surface area (Å²) in [5, 5.41) is 16.4. The average molecular weight is 308 g/mol. The second-order valence-corrected chi connectivity index (χ2v) is 5.02. The van der Waals surface area contributed by atoms with Crippen LogP contribution in [0.15, 0.2) is 30.5 Å². The molecule has 1 aromatic heterocycles. The Morgan fingerprint density at radius 3 is 2.95 bits per heavy atom. The first-order valence-corrected chi connectivity index (χ1v) is 7.27. The number of halogens is 1. The normalized spacial score (nSPS) is 10.6. The van der Waals surface area contributed by atoms with Gasteiger partial charge >= 0.3 is 0 Å². The van der Waals surface area contributed by atoms with Gasteiger partial charge < -0.3 is 10.4 Å². The van der Waals surface area contributed by atoms with Gasteiger partial charge in [0.05, 0.1) is 23.1 Å². The molecule has 21 heavy (non-hydrogen) atoms. The molecule has 0 aliphatic rings. The van der Waals surface area contributed by atoms with Gasteiger partial charge in [0, 0.05) is 18.2 Å². The number of benzene rings is 1. The summed E-state index contributed by atoms with van der Waals surface area (Å²) in [4.78, 5) is 12.1. The molecule has 0 unspecified atom stereocenters. The first-order chi connectivity index (χ1) is 10.2. The molecule has 0 atom stereocenters. The van der Waals surface area contributed by atoms with Crippen molar-refractivity contribution < 1.29 is 9.90 Å². The van der Waals surface area contributed by atoms with Gasteiger partial charge in [-0.1, -0.05) is 24.6 Å². The third kappa shape index (κ3) is 3.62. The molecule has 0 bridgehead atoms. The molecule has 0 spiro atoms. The number of hydrogen-bond donors (Lipinski definition) is 2. The number of carbonyl (C=O) groups is 1. The number of amides is 1. The van der Waals surface area contributed by atoms with Crippen LogP contribution in [0.5, 0.6) is 0 Å². The van der Waals surface area contributed by atoms with E-state index in [1.165, 1.54) is 0 Å². The lowest BCUT2D eigenvalue weighted by Crippen LogP contribution is -2.25. The van der Waals surface area contributed by atoms with Crippen LogP contribution in [0.2, 0.25) is 5.02 Å². The summed E-state index contributed by atoms with van der Waals surface area (Å²) >= 11 is 6.00. The smallest absolute Gasteiger partial charge is 0.254 e. The highest BCUT2D eigenvalue weighted by atomic mass is 35.5. The van der Waals surface area contributed by atoms with E-state index in [0.29, 0.717) is 30.0 Å². The van der Waals surface area contributed by atoms with Crippen molar-refractivity contribution in [2.24, 2.45) is 0 Å². The predicted molar refractivity (Wildman–Crippen MR) is 82.0 cm³/mol. The third-order valence-corrected chi connectivity index (χ3v) is 3.36. The number of rotatable bonds is 6. The van der Waals surface area contributed by atoms with Gasteiger partial charge in [0.1, 0.15) is 0 Å². The van der Waals surface area contributed by atoms with Crippen LogP contribution >= 0.6 is 11.6 Å². The molecule has 1 aromatic carbocycles. The largest absolute Gasteiger partial charge is 0.396 e. The van der Waals surface area contributed by atoms with Gasteiger partial charge in [-0.2, -0.15) is 5.10 Å².